The van der Waals surface area contributed by atoms with E-state index < -0.39 is 0 Å². The van der Waals surface area contributed by atoms with E-state index in [1.165, 1.54) is 0 Å². The number of anilines is 1. The topological polar surface area (TPSA) is 56.9 Å². The van der Waals surface area contributed by atoms with Crippen LogP contribution in [0.2, 0.25) is 0 Å². The Balaban J connectivity index is 2.16. The molecule has 0 radical (unpaired) electrons. The summed E-state index contributed by atoms with van der Waals surface area (Å²) in [5.74, 6) is 0. The van der Waals surface area contributed by atoms with Crippen LogP contribution in [0.25, 0.3) is 0 Å². The first kappa shape index (κ1) is 15.1. The zero-order chi connectivity index (χ0) is 15.2. The fourth-order valence-corrected chi connectivity index (χ4v) is 2.30. The highest BCUT2D eigenvalue weighted by Crippen LogP contribution is 2.22. The minimum absolute atomic E-state index is 0.705. The lowest BCUT2D eigenvalue weighted by atomic mass is 10.1. The molecule has 0 aliphatic rings. The number of nitriles is 1. The molecule has 1 heterocycles. The summed E-state index contributed by atoms with van der Waals surface area (Å²) in [4.78, 5) is 2.08. The number of hydrogen-bond acceptors (Lipinski definition) is 4. The molecule has 0 unspecified atom stereocenters. The van der Waals surface area contributed by atoms with Crippen molar-refractivity contribution in [2.24, 2.45) is 7.05 Å². The van der Waals surface area contributed by atoms with Crippen LogP contribution in [-0.2, 0) is 20.1 Å². The Morgan fingerprint density at radius 2 is 2.19 bits per heavy atom. The Kier molecular flexibility index (Phi) is 4.96. The lowest BCUT2D eigenvalue weighted by Gasteiger charge is -2.20. The molecule has 0 atom stereocenters. The van der Waals surface area contributed by atoms with Crippen molar-refractivity contribution >= 4 is 5.69 Å². The van der Waals surface area contributed by atoms with Crippen LogP contribution in [-0.4, -0.2) is 23.4 Å². The summed E-state index contributed by atoms with van der Waals surface area (Å²) in [5, 5.41) is 16.8. The van der Waals surface area contributed by atoms with E-state index >= 15 is 0 Å². The lowest BCUT2D eigenvalue weighted by Crippen LogP contribution is -2.18. The molecule has 1 aromatic heterocycles. The molecule has 0 saturated heterocycles. The van der Waals surface area contributed by atoms with Gasteiger partial charge in [-0.15, -0.1) is 0 Å². The highest BCUT2D eigenvalue weighted by molar-refractivity contribution is 5.60. The predicted octanol–water partition coefficient (Wildman–Crippen LogP) is 2.04. The molecule has 0 bridgehead atoms. The van der Waals surface area contributed by atoms with Crippen molar-refractivity contribution in [3.05, 3.63) is 47.3 Å². The van der Waals surface area contributed by atoms with E-state index in [1.54, 1.807) is 4.68 Å². The zero-order valence-electron chi connectivity index (χ0n) is 12.8. The average molecular weight is 283 g/mol. The first-order valence-corrected chi connectivity index (χ1v) is 7.06. The van der Waals surface area contributed by atoms with E-state index in [1.807, 2.05) is 38.6 Å². The van der Waals surface area contributed by atoms with Gasteiger partial charge in [0.15, 0.2) is 0 Å². The molecule has 5 heteroatoms. The molecular weight excluding hydrogens is 262 g/mol. The second-order valence-electron chi connectivity index (χ2n) is 5.12. The third-order valence-electron chi connectivity index (χ3n) is 3.35. The fourth-order valence-electron chi connectivity index (χ4n) is 2.30. The van der Waals surface area contributed by atoms with Gasteiger partial charge < -0.3 is 10.2 Å². The molecule has 21 heavy (non-hydrogen) atoms. The highest BCUT2D eigenvalue weighted by atomic mass is 15.2. The van der Waals surface area contributed by atoms with Gasteiger partial charge in [0, 0.05) is 38.9 Å². The van der Waals surface area contributed by atoms with Crippen LogP contribution in [0.5, 0.6) is 0 Å². The van der Waals surface area contributed by atoms with Crippen molar-refractivity contribution in [2.45, 2.75) is 20.0 Å². The molecule has 1 N–H and O–H groups in total. The molecule has 0 saturated carbocycles. The predicted molar refractivity (Wildman–Crippen MR) is 83.9 cm³/mol. The number of nitrogens with zero attached hydrogens (tertiary/aromatic N) is 4. The highest BCUT2D eigenvalue weighted by Gasteiger charge is 2.09. The standard InChI is InChI=1S/C16H21N5/c1-4-18-9-13-5-6-16(15(7-13)8-17)20(2)11-14-10-19-21(3)12-14/h5-7,10,12,18H,4,9,11H2,1-3H3. The molecule has 0 aliphatic heterocycles. The van der Waals surface area contributed by atoms with Crippen LogP contribution >= 0.6 is 0 Å². The molecule has 0 spiro atoms. The minimum Gasteiger partial charge on any atom is -0.369 e. The van der Waals surface area contributed by atoms with Gasteiger partial charge in [-0.2, -0.15) is 10.4 Å². The Morgan fingerprint density at radius 3 is 2.81 bits per heavy atom. The van der Waals surface area contributed by atoms with Gasteiger partial charge in [-0.25, -0.2) is 0 Å². The van der Waals surface area contributed by atoms with E-state index in [9.17, 15) is 5.26 Å². The second kappa shape index (κ2) is 6.91. The molecule has 1 aromatic carbocycles. The van der Waals surface area contributed by atoms with Gasteiger partial charge in [0.2, 0.25) is 0 Å². The average Bonchev–Trinajstić information content (AvgIpc) is 2.89. The summed E-state index contributed by atoms with van der Waals surface area (Å²) in [6.45, 7) is 4.51. The summed E-state index contributed by atoms with van der Waals surface area (Å²) in [5.41, 5.74) is 3.91. The lowest BCUT2D eigenvalue weighted by molar-refractivity contribution is 0.726. The molecule has 5 nitrogen and oxygen atoms in total. The second-order valence-corrected chi connectivity index (χ2v) is 5.12. The quantitative estimate of drug-likeness (QED) is 0.881. The Labute approximate surface area is 125 Å². The van der Waals surface area contributed by atoms with E-state index in [2.05, 4.69) is 34.4 Å². The van der Waals surface area contributed by atoms with Crippen LogP contribution in [0.4, 0.5) is 5.69 Å². The first-order valence-electron chi connectivity index (χ1n) is 7.06. The summed E-state index contributed by atoms with van der Waals surface area (Å²) >= 11 is 0. The van der Waals surface area contributed by atoms with Crippen LogP contribution < -0.4 is 10.2 Å². The van der Waals surface area contributed by atoms with Crippen molar-refractivity contribution < 1.29 is 0 Å². The van der Waals surface area contributed by atoms with Gasteiger partial charge in [-0.3, -0.25) is 4.68 Å². The van der Waals surface area contributed by atoms with Gasteiger partial charge in [0.1, 0.15) is 6.07 Å². The summed E-state index contributed by atoms with van der Waals surface area (Å²) < 4.78 is 1.79. The summed E-state index contributed by atoms with van der Waals surface area (Å²) in [6.07, 6.45) is 3.84. The normalized spacial score (nSPS) is 10.4. The first-order chi connectivity index (χ1) is 10.1. The SMILES string of the molecule is CCNCc1ccc(N(C)Cc2cnn(C)c2)c(C#N)c1. The number of aromatic nitrogens is 2. The van der Waals surface area contributed by atoms with Gasteiger partial charge in [0.25, 0.3) is 0 Å². The molecule has 110 valence electrons. The van der Waals surface area contributed by atoms with Crippen molar-refractivity contribution in [2.75, 3.05) is 18.5 Å². The van der Waals surface area contributed by atoms with Crippen molar-refractivity contribution in [1.82, 2.24) is 15.1 Å². The molecular formula is C16H21N5. The summed E-state index contributed by atoms with van der Waals surface area (Å²) in [7, 11) is 3.90. The van der Waals surface area contributed by atoms with E-state index in [0.717, 1.165) is 36.4 Å². The largest absolute Gasteiger partial charge is 0.369 e. The van der Waals surface area contributed by atoms with Gasteiger partial charge in [0.05, 0.1) is 17.4 Å². The number of benzene rings is 1. The van der Waals surface area contributed by atoms with Crippen molar-refractivity contribution in [1.29, 1.82) is 5.26 Å². The maximum Gasteiger partial charge on any atom is 0.101 e. The Bertz CT molecular complexity index is 638. The van der Waals surface area contributed by atoms with E-state index in [4.69, 9.17) is 0 Å². The van der Waals surface area contributed by atoms with E-state index in [-0.39, 0.29) is 0 Å². The maximum absolute atomic E-state index is 9.37. The molecule has 0 amide bonds. The molecule has 0 fully saturated rings. The monoisotopic (exact) mass is 283 g/mol. The fraction of sp³-hybridized carbons (Fsp3) is 0.375. The van der Waals surface area contributed by atoms with Crippen LogP contribution in [0.1, 0.15) is 23.6 Å². The summed E-state index contributed by atoms with van der Waals surface area (Å²) in [6, 6.07) is 8.33. The number of rotatable bonds is 6. The van der Waals surface area contributed by atoms with Gasteiger partial charge >= 0.3 is 0 Å². The Hall–Kier alpha value is -2.32. The minimum atomic E-state index is 0.705. The third-order valence-corrected chi connectivity index (χ3v) is 3.35. The van der Waals surface area contributed by atoms with Crippen LogP contribution in [0, 0.1) is 11.3 Å². The van der Waals surface area contributed by atoms with Crippen molar-refractivity contribution in [3.8, 4) is 6.07 Å². The number of hydrogen-bond donors (Lipinski definition) is 1. The van der Waals surface area contributed by atoms with Crippen LogP contribution in [0.3, 0.4) is 0 Å². The van der Waals surface area contributed by atoms with Gasteiger partial charge in [-0.1, -0.05) is 13.0 Å². The molecule has 2 rings (SSSR count). The van der Waals surface area contributed by atoms with Gasteiger partial charge in [-0.05, 0) is 24.2 Å². The zero-order valence-corrected chi connectivity index (χ0v) is 12.8. The number of nitrogens with one attached hydrogen (secondary N) is 1. The van der Waals surface area contributed by atoms with Crippen molar-refractivity contribution in [3.63, 3.8) is 0 Å². The smallest absolute Gasteiger partial charge is 0.101 e. The van der Waals surface area contributed by atoms with E-state index in [0.29, 0.717) is 5.56 Å². The molecule has 2 aromatic rings. The third kappa shape index (κ3) is 3.83. The molecule has 0 aliphatic carbocycles. The van der Waals surface area contributed by atoms with Crippen LogP contribution in [0.15, 0.2) is 30.6 Å². The Morgan fingerprint density at radius 1 is 1.38 bits per heavy atom. The maximum atomic E-state index is 9.37. The number of aryl methyl sites for hydroxylation is 1.